The van der Waals surface area contributed by atoms with Gasteiger partial charge in [0, 0.05) is 21.4 Å². The minimum atomic E-state index is -0.133. The van der Waals surface area contributed by atoms with Gasteiger partial charge in [0.25, 0.3) is 5.91 Å². The van der Waals surface area contributed by atoms with Gasteiger partial charge < -0.3 is 11.1 Å². The number of amides is 1. The van der Waals surface area contributed by atoms with Gasteiger partial charge in [-0.15, -0.1) is 0 Å². The third-order valence-electron chi connectivity index (χ3n) is 3.32. The van der Waals surface area contributed by atoms with Gasteiger partial charge in [-0.1, -0.05) is 28.9 Å². The number of carbonyl (C=O) groups is 1. The van der Waals surface area contributed by atoms with Gasteiger partial charge in [-0.3, -0.25) is 4.79 Å². The summed E-state index contributed by atoms with van der Waals surface area (Å²) in [6, 6.07) is 11.2. The number of nitrogens with one attached hydrogen (secondary N) is 1. The highest BCUT2D eigenvalue weighted by atomic mass is 79.9. The van der Waals surface area contributed by atoms with Crippen molar-refractivity contribution in [2.75, 3.05) is 11.1 Å². The van der Waals surface area contributed by atoms with Crippen molar-refractivity contribution in [2.45, 2.75) is 20.3 Å². The predicted molar refractivity (Wildman–Crippen MR) is 87.1 cm³/mol. The van der Waals surface area contributed by atoms with Crippen molar-refractivity contribution in [1.82, 2.24) is 0 Å². The monoisotopic (exact) mass is 332 g/mol. The number of hydrogen-bond acceptors (Lipinski definition) is 2. The molecule has 1 amide bonds. The zero-order chi connectivity index (χ0) is 14.7. The Morgan fingerprint density at radius 2 is 2.05 bits per heavy atom. The van der Waals surface area contributed by atoms with E-state index in [-0.39, 0.29) is 5.91 Å². The van der Waals surface area contributed by atoms with Crippen molar-refractivity contribution < 1.29 is 4.79 Å². The first-order valence-corrected chi connectivity index (χ1v) is 7.27. The van der Waals surface area contributed by atoms with Crippen LogP contribution in [0.15, 0.2) is 40.9 Å². The largest absolute Gasteiger partial charge is 0.398 e. The van der Waals surface area contributed by atoms with E-state index in [0.717, 1.165) is 27.7 Å². The Morgan fingerprint density at radius 3 is 2.75 bits per heavy atom. The summed E-state index contributed by atoms with van der Waals surface area (Å²) >= 11 is 3.44. The number of anilines is 2. The maximum atomic E-state index is 12.4. The maximum absolute atomic E-state index is 12.4. The number of nitrogen functional groups attached to an aromatic ring is 1. The third kappa shape index (κ3) is 3.02. The summed E-state index contributed by atoms with van der Waals surface area (Å²) in [7, 11) is 0. The van der Waals surface area contributed by atoms with Crippen molar-refractivity contribution in [3.05, 3.63) is 57.6 Å². The second-order valence-electron chi connectivity index (χ2n) is 4.63. The molecule has 2 aromatic rings. The first-order chi connectivity index (χ1) is 9.52. The SMILES string of the molecule is CCc1cc(Br)ccc1NC(=O)c1cccc(N)c1C. The van der Waals surface area contributed by atoms with Gasteiger partial charge in [-0.2, -0.15) is 0 Å². The summed E-state index contributed by atoms with van der Waals surface area (Å²) in [5.41, 5.74) is 9.81. The third-order valence-corrected chi connectivity index (χ3v) is 3.81. The standard InChI is InChI=1S/C16H17BrN2O/c1-3-11-9-12(17)7-8-15(11)19-16(20)13-5-4-6-14(18)10(13)2/h4-9H,3,18H2,1-2H3,(H,19,20). The van der Waals surface area contributed by atoms with Crippen molar-refractivity contribution in [3.63, 3.8) is 0 Å². The summed E-state index contributed by atoms with van der Waals surface area (Å²) in [6.45, 7) is 3.91. The van der Waals surface area contributed by atoms with E-state index in [2.05, 4.69) is 28.2 Å². The number of halogens is 1. The summed E-state index contributed by atoms with van der Waals surface area (Å²) in [6.07, 6.45) is 0.852. The van der Waals surface area contributed by atoms with Crippen LogP contribution >= 0.6 is 15.9 Å². The van der Waals surface area contributed by atoms with Crippen molar-refractivity contribution in [2.24, 2.45) is 0 Å². The lowest BCUT2D eigenvalue weighted by atomic mass is 10.1. The summed E-state index contributed by atoms with van der Waals surface area (Å²) in [4.78, 5) is 12.4. The Morgan fingerprint density at radius 1 is 1.30 bits per heavy atom. The lowest BCUT2D eigenvalue weighted by Crippen LogP contribution is -2.15. The van der Waals surface area contributed by atoms with E-state index in [1.165, 1.54) is 0 Å². The van der Waals surface area contributed by atoms with E-state index in [0.29, 0.717) is 11.3 Å². The van der Waals surface area contributed by atoms with Crippen molar-refractivity contribution in [3.8, 4) is 0 Å². The Labute approximate surface area is 127 Å². The van der Waals surface area contributed by atoms with E-state index in [1.54, 1.807) is 18.2 Å². The van der Waals surface area contributed by atoms with Gasteiger partial charge in [0.2, 0.25) is 0 Å². The Kier molecular flexibility index (Phi) is 4.45. The molecule has 0 unspecified atom stereocenters. The Hall–Kier alpha value is -1.81. The molecule has 0 saturated carbocycles. The first kappa shape index (κ1) is 14.6. The lowest BCUT2D eigenvalue weighted by molar-refractivity contribution is 0.102. The van der Waals surface area contributed by atoms with Crippen LogP contribution in [0.2, 0.25) is 0 Å². The highest BCUT2D eigenvalue weighted by Gasteiger charge is 2.12. The van der Waals surface area contributed by atoms with Crippen LogP contribution in [0.3, 0.4) is 0 Å². The fourth-order valence-electron chi connectivity index (χ4n) is 2.07. The fourth-order valence-corrected chi connectivity index (χ4v) is 2.47. The smallest absolute Gasteiger partial charge is 0.256 e. The molecule has 0 aliphatic carbocycles. The van der Waals surface area contributed by atoms with Crippen LogP contribution in [0, 0.1) is 6.92 Å². The molecule has 20 heavy (non-hydrogen) atoms. The highest BCUT2D eigenvalue weighted by molar-refractivity contribution is 9.10. The molecular formula is C16H17BrN2O. The average Bonchev–Trinajstić information content (AvgIpc) is 2.43. The number of aryl methyl sites for hydroxylation is 1. The zero-order valence-electron chi connectivity index (χ0n) is 11.5. The molecule has 0 radical (unpaired) electrons. The van der Waals surface area contributed by atoms with Gasteiger partial charge in [-0.05, 0) is 54.8 Å². The predicted octanol–water partition coefficient (Wildman–Crippen LogP) is 4.15. The van der Waals surface area contributed by atoms with Crippen LogP contribution in [-0.4, -0.2) is 5.91 Å². The Balaban J connectivity index is 2.30. The fraction of sp³-hybridized carbons (Fsp3) is 0.188. The molecule has 0 saturated heterocycles. The number of hydrogen-bond donors (Lipinski definition) is 2. The van der Waals surface area contributed by atoms with E-state index < -0.39 is 0 Å². The Bertz CT molecular complexity index is 653. The average molecular weight is 333 g/mol. The van der Waals surface area contributed by atoms with Gasteiger partial charge in [0.15, 0.2) is 0 Å². The van der Waals surface area contributed by atoms with Gasteiger partial charge in [0.1, 0.15) is 0 Å². The highest BCUT2D eigenvalue weighted by Crippen LogP contribution is 2.23. The van der Waals surface area contributed by atoms with Gasteiger partial charge in [0.05, 0.1) is 0 Å². The molecular weight excluding hydrogens is 316 g/mol. The summed E-state index contributed by atoms with van der Waals surface area (Å²) in [5, 5.41) is 2.96. The molecule has 0 bridgehead atoms. The van der Waals surface area contributed by atoms with Crippen molar-refractivity contribution >= 4 is 33.2 Å². The molecule has 0 aromatic heterocycles. The topological polar surface area (TPSA) is 55.1 Å². The van der Waals surface area contributed by atoms with Crippen LogP contribution in [0.5, 0.6) is 0 Å². The zero-order valence-corrected chi connectivity index (χ0v) is 13.1. The number of nitrogens with two attached hydrogens (primary N) is 1. The first-order valence-electron chi connectivity index (χ1n) is 6.47. The molecule has 3 N–H and O–H groups in total. The molecule has 3 nitrogen and oxygen atoms in total. The quantitative estimate of drug-likeness (QED) is 0.829. The molecule has 0 atom stereocenters. The minimum absolute atomic E-state index is 0.133. The molecule has 2 rings (SSSR count). The van der Waals surface area contributed by atoms with E-state index in [4.69, 9.17) is 5.73 Å². The van der Waals surface area contributed by atoms with Crippen LogP contribution in [0.1, 0.15) is 28.4 Å². The summed E-state index contributed by atoms with van der Waals surface area (Å²) in [5.74, 6) is -0.133. The number of benzene rings is 2. The molecule has 0 heterocycles. The molecule has 0 aliphatic heterocycles. The number of rotatable bonds is 3. The van der Waals surface area contributed by atoms with E-state index in [9.17, 15) is 4.79 Å². The molecule has 104 valence electrons. The minimum Gasteiger partial charge on any atom is -0.398 e. The van der Waals surface area contributed by atoms with E-state index in [1.807, 2.05) is 25.1 Å². The molecule has 2 aromatic carbocycles. The van der Waals surface area contributed by atoms with Gasteiger partial charge >= 0.3 is 0 Å². The van der Waals surface area contributed by atoms with E-state index >= 15 is 0 Å². The van der Waals surface area contributed by atoms with Crippen LogP contribution in [-0.2, 0) is 6.42 Å². The van der Waals surface area contributed by atoms with Crippen LogP contribution < -0.4 is 11.1 Å². The van der Waals surface area contributed by atoms with Crippen LogP contribution in [0.4, 0.5) is 11.4 Å². The second-order valence-corrected chi connectivity index (χ2v) is 5.54. The van der Waals surface area contributed by atoms with Gasteiger partial charge in [-0.25, -0.2) is 0 Å². The lowest BCUT2D eigenvalue weighted by Gasteiger charge is -2.12. The maximum Gasteiger partial charge on any atom is 0.256 e. The summed E-state index contributed by atoms with van der Waals surface area (Å²) < 4.78 is 1.01. The molecule has 0 aliphatic rings. The molecule has 0 spiro atoms. The molecule has 4 heteroatoms. The van der Waals surface area contributed by atoms with Crippen molar-refractivity contribution in [1.29, 1.82) is 0 Å². The number of carbonyl (C=O) groups excluding carboxylic acids is 1. The second kappa shape index (κ2) is 6.09. The molecule has 0 fully saturated rings. The van der Waals surface area contributed by atoms with Crippen LogP contribution in [0.25, 0.3) is 0 Å². The normalized spacial score (nSPS) is 10.3.